The number of thioether (sulfide) groups is 1. The molecule has 0 saturated carbocycles. The van der Waals surface area contributed by atoms with E-state index in [1.807, 2.05) is 0 Å². The highest BCUT2D eigenvalue weighted by Crippen LogP contribution is 2.36. The number of nitrogens with one attached hydrogen (secondary N) is 3. The second kappa shape index (κ2) is 6.69. The van der Waals surface area contributed by atoms with Crippen LogP contribution in [0.15, 0.2) is 46.1 Å². The van der Waals surface area contributed by atoms with E-state index in [0.29, 0.717) is 16.5 Å². The van der Waals surface area contributed by atoms with Crippen LogP contribution >= 0.6 is 24.0 Å². The maximum absolute atomic E-state index is 13.6. The number of aromatic amines is 2. The van der Waals surface area contributed by atoms with Crippen molar-refractivity contribution in [3.63, 3.8) is 0 Å². The third-order valence-corrected chi connectivity index (χ3v) is 5.65. The molecule has 8 heteroatoms. The van der Waals surface area contributed by atoms with Crippen LogP contribution in [0.4, 0.5) is 4.39 Å². The topological polar surface area (TPSA) is 77.8 Å². The predicted octanol–water partition coefficient (Wildman–Crippen LogP) is 3.69. The number of H-pyrrole nitrogens is 2. The monoisotopic (exact) mass is 387 g/mol. The van der Waals surface area contributed by atoms with Crippen LogP contribution < -0.4 is 10.9 Å². The molecule has 1 aliphatic heterocycles. The number of hydrogen-bond acceptors (Lipinski definition) is 4. The molecule has 0 bridgehead atoms. The van der Waals surface area contributed by atoms with Gasteiger partial charge in [-0.05, 0) is 60.6 Å². The summed E-state index contributed by atoms with van der Waals surface area (Å²) in [4.78, 5) is 30.9. The van der Waals surface area contributed by atoms with E-state index >= 15 is 0 Å². The number of carbonyl (C=O) groups is 1. The Hall–Kier alpha value is -2.45. The second-order valence-electron chi connectivity index (χ2n) is 6.01. The Morgan fingerprint density at radius 3 is 2.92 bits per heavy atom. The third kappa shape index (κ3) is 3.17. The molecular formula is C18H14FN3O2S2. The number of hydrogen-bond donors (Lipinski definition) is 3. The molecule has 5 nitrogen and oxygen atoms in total. The number of carbonyl (C=O) groups excluding carboxylic acids is 1. The fraction of sp³-hybridized carbons (Fsp3) is 0.167. The summed E-state index contributed by atoms with van der Waals surface area (Å²) < 4.78 is 13.8. The Labute approximate surface area is 157 Å². The lowest BCUT2D eigenvalue weighted by Crippen LogP contribution is -2.30. The first-order chi connectivity index (χ1) is 12.5. The molecule has 2 aromatic carbocycles. The molecule has 0 aliphatic carbocycles. The molecule has 0 fully saturated rings. The van der Waals surface area contributed by atoms with E-state index < -0.39 is 0 Å². The van der Waals surface area contributed by atoms with Crippen LogP contribution in [0.25, 0.3) is 10.9 Å². The van der Waals surface area contributed by atoms with Gasteiger partial charge in [0.15, 0.2) is 4.77 Å². The van der Waals surface area contributed by atoms with Crippen molar-refractivity contribution >= 4 is 40.8 Å². The van der Waals surface area contributed by atoms with Crippen molar-refractivity contribution in [2.45, 2.75) is 17.4 Å². The van der Waals surface area contributed by atoms with E-state index in [9.17, 15) is 14.0 Å². The smallest absolute Gasteiger partial charge is 0.259 e. The maximum atomic E-state index is 13.6. The largest absolute Gasteiger partial charge is 0.345 e. The van der Waals surface area contributed by atoms with Gasteiger partial charge in [0.25, 0.3) is 11.5 Å². The van der Waals surface area contributed by atoms with E-state index in [2.05, 4.69) is 15.3 Å². The van der Waals surface area contributed by atoms with Crippen molar-refractivity contribution < 1.29 is 9.18 Å². The number of rotatable bonds is 2. The normalized spacial score (nSPS) is 16.3. The minimum absolute atomic E-state index is 0.203. The third-order valence-electron chi connectivity index (χ3n) is 4.32. The van der Waals surface area contributed by atoms with Crippen LogP contribution in [-0.2, 0) is 0 Å². The van der Waals surface area contributed by atoms with Gasteiger partial charge >= 0.3 is 0 Å². The minimum Gasteiger partial charge on any atom is -0.345 e. The van der Waals surface area contributed by atoms with Gasteiger partial charge in [0.1, 0.15) is 5.82 Å². The Balaban J connectivity index is 1.65. The molecule has 26 heavy (non-hydrogen) atoms. The van der Waals surface area contributed by atoms with Gasteiger partial charge in [-0.3, -0.25) is 14.6 Å². The second-order valence-corrected chi connectivity index (χ2v) is 7.56. The fourth-order valence-corrected chi connectivity index (χ4v) is 4.38. The lowest BCUT2D eigenvalue weighted by Gasteiger charge is -2.26. The minimum atomic E-state index is -0.317. The summed E-state index contributed by atoms with van der Waals surface area (Å²) >= 11 is 6.63. The summed E-state index contributed by atoms with van der Waals surface area (Å²) in [5, 5.41) is 3.40. The molecule has 1 aliphatic rings. The van der Waals surface area contributed by atoms with Crippen molar-refractivity contribution in [1.82, 2.24) is 15.3 Å². The Bertz CT molecular complexity index is 1140. The summed E-state index contributed by atoms with van der Waals surface area (Å²) in [6.07, 6.45) is 0.725. The zero-order chi connectivity index (χ0) is 18.3. The molecule has 0 unspecified atom stereocenters. The Morgan fingerprint density at radius 2 is 2.08 bits per heavy atom. The zero-order valence-corrected chi connectivity index (χ0v) is 15.1. The predicted molar refractivity (Wildman–Crippen MR) is 102 cm³/mol. The maximum Gasteiger partial charge on any atom is 0.259 e. The molecule has 1 atom stereocenters. The number of aromatic nitrogens is 2. The summed E-state index contributed by atoms with van der Waals surface area (Å²) in [6.45, 7) is 0. The first kappa shape index (κ1) is 17.0. The molecule has 0 radical (unpaired) electrons. The fourth-order valence-electron chi connectivity index (χ4n) is 3.07. The first-order valence-electron chi connectivity index (χ1n) is 8.01. The summed E-state index contributed by atoms with van der Waals surface area (Å²) in [5.74, 6) is 0.255. The van der Waals surface area contributed by atoms with E-state index in [4.69, 9.17) is 12.2 Å². The van der Waals surface area contributed by atoms with Crippen molar-refractivity contribution in [2.75, 3.05) is 5.75 Å². The van der Waals surface area contributed by atoms with Crippen LogP contribution in [0.1, 0.15) is 28.4 Å². The van der Waals surface area contributed by atoms with Gasteiger partial charge in [0, 0.05) is 16.2 Å². The summed E-state index contributed by atoms with van der Waals surface area (Å²) in [5.41, 5.74) is 1.40. The van der Waals surface area contributed by atoms with Crippen molar-refractivity contribution in [3.8, 4) is 0 Å². The summed E-state index contributed by atoms with van der Waals surface area (Å²) in [6, 6.07) is 9.17. The molecular weight excluding hydrogens is 373 g/mol. The molecule has 3 N–H and O–H groups in total. The number of benzene rings is 2. The van der Waals surface area contributed by atoms with Crippen LogP contribution in [0.5, 0.6) is 0 Å². The van der Waals surface area contributed by atoms with Crippen molar-refractivity contribution in [2.24, 2.45) is 0 Å². The van der Waals surface area contributed by atoms with Gasteiger partial charge in [-0.2, -0.15) is 0 Å². The Kier molecular flexibility index (Phi) is 4.37. The molecule has 3 aromatic rings. The zero-order valence-electron chi connectivity index (χ0n) is 13.5. The first-order valence-corrected chi connectivity index (χ1v) is 9.40. The van der Waals surface area contributed by atoms with E-state index in [0.717, 1.165) is 22.6 Å². The van der Waals surface area contributed by atoms with Crippen molar-refractivity contribution in [1.29, 1.82) is 0 Å². The van der Waals surface area contributed by atoms with Crippen LogP contribution in [0.3, 0.4) is 0 Å². The summed E-state index contributed by atoms with van der Waals surface area (Å²) in [7, 11) is 0. The molecule has 4 rings (SSSR count). The highest BCUT2D eigenvalue weighted by atomic mass is 32.2. The average molecular weight is 387 g/mol. The van der Waals surface area contributed by atoms with Gasteiger partial charge in [-0.1, -0.05) is 0 Å². The molecule has 2 heterocycles. The van der Waals surface area contributed by atoms with Crippen molar-refractivity contribution in [3.05, 3.63) is 68.5 Å². The van der Waals surface area contributed by atoms with Crippen LogP contribution in [0.2, 0.25) is 0 Å². The van der Waals surface area contributed by atoms with Crippen LogP contribution in [0, 0.1) is 10.6 Å². The molecule has 1 amide bonds. The number of halogens is 1. The quantitative estimate of drug-likeness (QED) is 0.586. The standard InChI is InChI=1S/C18H14FN3O2S2/c19-10-2-4-15-12(8-10)13(5-6-26-15)20-16(23)9-1-3-11-14(7-9)21-18(25)22-17(11)24/h1-4,7-8,13H,5-6H2,(H,20,23)(H2,21,22,24,25)/t13-/m0/s1. The van der Waals surface area contributed by atoms with E-state index in [1.54, 1.807) is 36.0 Å². The van der Waals surface area contributed by atoms with E-state index in [1.165, 1.54) is 12.1 Å². The molecule has 1 aromatic heterocycles. The number of fused-ring (bicyclic) bond motifs is 2. The lowest BCUT2D eigenvalue weighted by molar-refractivity contribution is 0.0935. The van der Waals surface area contributed by atoms with Crippen LogP contribution in [-0.4, -0.2) is 21.6 Å². The number of amides is 1. The van der Waals surface area contributed by atoms with Gasteiger partial charge < -0.3 is 10.3 Å². The molecule has 0 saturated heterocycles. The van der Waals surface area contributed by atoms with Gasteiger partial charge in [0.2, 0.25) is 0 Å². The highest BCUT2D eigenvalue weighted by Gasteiger charge is 2.23. The van der Waals surface area contributed by atoms with Gasteiger partial charge in [-0.25, -0.2) is 4.39 Å². The highest BCUT2D eigenvalue weighted by molar-refractivity contribution is 7.99. The Morgan fingerprint density at radius 1 is 1.23 bits per heavy atom. The van der Waals surface area contributed by atoms with E-state index in [-0.39, 0.29) is 28.1 Å². The van der Waals surface area contributed by atoms with Gasteiger partial charge in [0.05, 0.1) is 16.9 Å². The SMILES string of the molecule is O=C(N[C@H]1CCSc2ccc(F)cc21)c1ccc2c(=O)[nH]c(=S)[nH]c2c1. The average Bonchev–Trinajstić information content (AvgIpc) is 2.61. The lowest BCUT2D eigenvalue weighted by atomic mass is 10.0. The van der Waals surface area contributed by atoms with Gasteiger partial charge in [-0.15, -0.1) is 11.8 Å². The molecule has 0 spiro atoms. The molecule has 132 valence electrons.